The lowest BCUT2D eigenvalue weighted by molar-refractivity contribution is -0.142. The minimum Gasteiger partial charge on any atom is -0.449 e. The maximum absolute atomic E-state index is 12.2. The van der Waals surface area contributed by atoms with Gasteiger partial charge in [0.1, 0.15) is 6.10 Å². The second kappa shape index (κ2) is 4.40. The molecule has 1 aliphatic carbocycles. The van der Waals surface area contributed by atoms with Crippen molar-refractivity contribution in [2.24, 2.45) is 0 Å². The van der Waals surface area contributed by atoms with E-state index in [0.29, 0.717) is 0 Å². The van der Waals surface area contributed by atoms with Gasteiger partial charge in [0, 0.05) is 0 Å². The van der Waals surface area contributed by atoms with Gasteiger partial charge in [-0.25, -0.2) is 4.79 Å². The summed E-state index contributed by atoms with van der Waals surface area (Å²) in [6.45, 7) is 2.84. The van der Waals surface area contributed by atoms with E-state index in [1.807, 2.05) is 0 Å². The first-order valence-corrected chi connectivity index (χ1v) is 3.77. The van der Waals surface area contributed by atoms with E-state index in [0.717, 1.165) is 0 Å². The summed E-state index contributed by atoms with van der Waals surface area (Å²) >= 11 is 0. The third-order valence-corrected chi connectivity index (χ3v) is 1.40. The van der Waals surface area contributed by atoms with Crippen molar-refractivity contribution in [2.75, 3.05) is 0 Å². The maximum atomic E-state index is 12.2. The van der Waals surface area contributed by atoms with E-state index in [-0.39, 0.29) is 0 Å². The van der Waals surface area contributed by atoms with Crippen LogP contribution in [0.15, 0.2) is 48.9 Å². The van der Waals surface area contributed by atoms with Gasteiger partial charge in [-0.2, -0.15) is 4.39 Å². The quantitative estimate of drug-likeness (QED) is 0.480. The topological polar surface area (TPSA) is 26.3 Å². The minimum absolute atomic E-state index is 0.519. The smallest absolute Gasteiger partial charge is 0.367 e. The molecule has 1 aliphatic rings. The van der Waals surface area contributed by atoms with E-state index in [9.17, 15) is 9.18 Å². The number of hydrogen-bond donors (Lipinski definition) is 0. The Bertz CT molecular complexity index is 284. The van der Waals surface area contributed by atoms with Gasteiger partial charge in [-0.3, -0.25) is 0 Å². The number of carbonyl (C=O) groups is 1. The van der Waals surface area contributed by atoms with Crippen LogP contribution in [0.4, 0.5) is 4.39 Å². The Morgan fingerprint density at radius 3 is 2.23 bits per heavy atom. The fourth-order valence-corrected chi connectivity index (χ4v) is 0.806. The van der Waals surface area contributed by atoms with E-state index < -0.39 is 17.9 Å². The third kappa shape index (κ3) is 3.07. The Morgan fingerprint density at radius 2 is 1.77 bits per heavy atom. The number of hydrogen-bond acceptors (Lipinski definition) is 2. The summed E-state index contributed by atoms with van der Waals surface area (Å²) in [4.78, 5) is 10.7. The molecule has 68 valence electrons. The molecule has 2 nitrogen and oxygen atoms in total. The predicted octanol–water partition coefficient (Wildman–Crippen LogP) is 2.06. The predicted molar refractivity (Wildman–Crippen MR) is 47.5 cm³/mol. The second-order valence-electron chi connectivity index (χ2n) is 2.43. The van der Waals surface area contributed by atoms with Gasteiger partial charge in [0.2, 0.25) is 5.83 Å². The van der Waals surface area contributed by atoms with Crippen molar-refractivity contribution in [1.29, 1.82) is 0 Å². The van der Waals surface area contributed by atoms with Crippen LogP contribution in [0.1, 0.15) is 0 Å². The van der Waals surface area contributed by atoms with Crippen molar-refractivity contribution >= 4 is 5.97 Å². The molecule has 0 bridgehead atoms. The van der Waals surface area contributed by atoms with Crippen molar-refractivity contribution in [2.45, 2.75) is 6.10 Å². The average molecular weight is 180 g/mol. The van der Waals surface area contributed by atoms with Gasteiger partial charge in [0.05, 0.1) is 0 Å². The van der Waals surface area contributed by atoms with E-state index >= 15 is 0 Å². The summed E-state index contributed by atoms with van der Waals surface area (Å²) in [5, 5.41) is 0. The highest BCUT2D eigenvalue weighted by Gasteiger charge is 2.11. The summed E-state index contributed by atoms with van der Waals surface area (Å²) in [6, 6.07) is 0. The molecule has 1 rings (SSSR count). The van der Waals surface area contributed by atoms with Crippen LogP contribution in [0.25, 0.3) is 0 Å². The van der Waals surface area contributed by atoms with Crippen LogP contribution >= 0.6 is 0 Å². The lowest BCUT2D eigenvalue weighted by Crippen LogP contribution is -2.13. The highest BCUT2D eigenvalue weighted by Crippen LogP contribution is 2.05. The minimum atomic E-state index is -1.08. The molecule has 0 aromatic heterocycles. The van der Waals surface area contributed by atoms with Crippen LogP contribution in [0.5, 0.6) is 0 Å². The molecule has 0 unspecified atom stereocenters. The average Bonchev–Trinajstić information content (AvgIpc) is 2.32. The number of allylic oxidation sites excluding steroid dienone is 4. The zero-order valence-electron chi connectivity index (χ0n) is 6.94. The molecule has 13 heavy (non-hydrogen) atoms. The SMILES string of the molecule is C=C(F)C(=O)OC1C=CC=CC=C1. The largest absolute Gasteiger partial charge is 0.449 e. The van der Waals surface area contributed by atoms with Gasteiger partial charge in [0.15, 0.2) is 0 Å². The molecule has 0 fully saturated rings. The van der Waals surface area contributed by atoms with Gasteiger partial charge < -0.3 is 4.74 Å². The summed E-state index contributed by atoms with van der Waals surface area (Å²) in [6.07, 6.45) is 9.78. The monoisotopic (exact) mass is 180 g/mol. The highest BCUT2D eigenvalue weighted by molar-refractivity contribution is 5.85. The van der Waals surface area contributed by atoms with Crippen molar-refractivity contribution < 1.29 is 13.9 Å². The molecule has 0 N–H and O–H groups in total. The van der Waals surface area contributed by atoms with Crippen LogP contribution < -0.4 is 0 Å². The van der Waals surface area contributed by atoms with Crippen LogP contribution in [-0.2, 0) is 9.53 Å². The van der Waals surface area contributed by atoms with E-state index in [1.54, 1.807) is 36.5 Å². The molecule has 0 radical (unpaired) electrons. The van der Waals surface area contributed by atoms with Gasteiger partial charge >= 0.3 is 5.97 Å². The normalized spacial score (nSPS) is 15.5. The van der Waals surface area contributed by atoms with Crippen molar-refractivity contribution in [3.63, 3.8) is 0 Å². The Morgan fingerprint density at radius 1 is 1.23 bits per heavy atom. The molecule has 0 aromatic carbocycles. The Hall–Kier alpha value is -1.64. The zero-order valence-corrected chi connectivity index (χ0v) is 6.94. The molecule has 0 heterocycles. The molecule has 0 saturated heterocycles. The lowest BCUT2D eigenvalue weighted by atomic mass is 10.3. The summed E-state index contributed by atoms with van der Waals surface area (Å²) in [7, 11) is 0. The standard InChI is InChI=1S/C10H9FO2/c1-8(11)10(12)13-9-6-4-2-3-5-7-9/h2-7,9H,1H2. The summed E-state index contributed by atoms with van der Waals surface area (Å²) in [5.41, 5.74) is 0. The number of carbonyl (C=O) groups excluding carboxylic acids is 1. The van der Waals surface area contributed by atoms with E-state index in [4.69, 9.17) is 4.74 Å². The van der Waals surface area contributed by atoms with Gasteiger partial charge in [-0.15, -0.1) is 0 Å². The van der Waals surface area contributed by atoms with Gasteiger partial charge in [0.25, 0.3) is 0 Å². The molecule has 0 atom stereocenters. The third-order valence-electron chi connectivity index (χ3n) is 1.40. The second-order valence-corrected chi connectivity index (χ2v) is 2.43. The van der Waals surface area contributed by atoms with Crippen molar-refractivity contribution in [3.8, 4) is 0 Å². The van der Waals surface area contributed by atoms with E-state index in [1.165, 1.54) is 0 Å². The molecule has 0 saturated carbocycles. The molecule has 0 aromatic rings. The fourth-order valence-electron chi connectivity index (χ4n) is 0.806. The molecular weight excluding hydrogens is 171 g/mol. The molecular formula is C10H9FO2. The number of ether oxygens (including phenoxy) is 1. The molecule has 0 spiro atoms. The molecule has 0 aliphatic heterocycles. The maximum Gasteiger partial charge on any atom is 0.367 e. The van der Waals surface area contributed by atoms with Crippen LogP contribution in [0, 0.1) is 0 Å². The lowest BCUT2D eigenvalue weighted by Gasteiger charge is -2.07. The van der Waals surface area contributed by atoms with Crippen molar-refractivity contribution in [3.05, 3.63) is 48.9 Å². The Labute approximate surface area is 75.7 Å². The number of esters is 1. The molecule has 3 heteroatoms. The van der Waals surface area contributed by atoms with Crippen LogP contribution in [0.2, 0.25) is 0 Å². The van der Waals surface area contributed by atoms with E-state index in [2.05, 4.69) is 6.58 Å². The zero-order chi connectivity index (χ0) is 9.68. The van der Waals surface area contributed by atoms with Gasteiger partial charge in [-0.05, 0) is 12.2 Å². The first-order valence-electron chi connectivity index (χ1n) is 3.77. The number of halogens is 1. The fraction of sp³-hybridized carbons (Fsp3) is 0.100. The first-order chi connectivity index (χ1) is 6.20. The van der Waals surface area contributed by atoms with Gasteiger partial charge in [-0.1, -0.05) is 30.9 Å². The Kier molecular flexibility index (Phi) is 3.20. The van der Waals surface area contributed by atoms with Crippen molar-refractivity contribution in [1.82, 2.24) is 0 Å². The highest BCUT2D eigenvalue weighted by atomic mass is 19.1. The van der Waals surface area contributed by atoms with Crippen LogP contribution in [0.3, 0.4) is 0 Å². The van der Waals surface area contributed by atoms with Crippen LogP contribution in [-0.4, -0.2) is 12.1 Å². The Balaban J connectivity index is 2.55. The first kappa shape index (κ1) is 9.45. The molecule has 0 amide bonds. The summed E-state index contributed by atoms with van der Waals surface area (Å²) < 4.78 is 16.9. The number of rotatable bonds is 2. The summed E-state index contributed by atoms with van der Waals surface area (Å²) in [5.74, 6) is -2.11.